The van der Waals surface area contributed by atoms with Crippen LogP contribution in [0, 0.1) is 0 Å². The van der Waals surface area contributed by atoms with Gasteiger partial charge in [-0.3, -0.25) is 0 Å². The Morgan fingerprint density at radius 3 is 2.62 bits per heavy atom. The van der Waals surface area contributed by atoms with E-state index in [0.29, 0.717) is 0 Å². The minimum Gasteiger partial charge on any atom is -0.497 e. The van der Waals surface area contributed by atoms with Gasteiger partial charge in [0.1, 0.15) is 11.5 Å². The number of benzene rings is 1. The molecule has 0 amide bonds. The summed E-state index contributed by atoms with van der Waals surface area (Å²) in [6.45, 7) is 4.19. The molecule has 0 heterocycles. The van der Waals surface area contributed by atoms with E-state index in [-0.39, 0.29) is 6.04 Å². The molecular weight excluding hydrogens is 264 g/mol. The molecule has 21 heavy (non-hydrogen) atoms. The van der Waals surface area contributed by atoms with Crippen LogP contribution in [0.15, 0.2) is 18.2 Å². The van der Waals surface area contributed by atoms with Crippen molar-refractivity contribution in [3.05, 3.63) is 23.8 Å². The van der Waals surface area contributed by atoms with Crippen molar-refractivity contribution in [3.63, 3.8) is 0 Å². The minimum atomic E-state index is 0.264. The Hall–Kier alpha value is -1.26. The largest absolute Gasteiger partial charge is 0.497 e. The highest BCUT2D eigenvalue weighted by Crippen LogP contribution is 2.32. The van der Waals surface area contributed by atoms with Gasteiger partial charge in [-0.1, -0.05) is 6.92 Å². The van der Waals surface area contributed by atoms with Gasteiger partial charge in [0.15, 0.2) is 0 Å². The van der Waals surface area contributed by atoms with Gasteiger partial charge in [0, 0.05) is 24.2 Å². The lowest BCUT2D eigenvalue weighted by Gasteiger charge is -2.27. The zero-order chi connectivity index (χ0) is 15.2. The van der Waals surface area contributed by atoms with Crippen molar-refractivity contribution in [2.45, 2.75) is 38.3 Å². The molecule has 0 radical (unpaired) electrons. The molecule has 1 aliphatic carbocycles. The fourth-order valence-electron chi connectivity index (χ4n) is 2.66. The SMILES string of the molecule is CCCNC(CN(C)C1CC1)c1cc(OC)ccc1OC. The van der Waals surface area contributed by atoms with Crippen LogP contribution < -0.4 is 14.8 Å². The van der Waals surface area contributed by atoms with Gasteiger partial charge in [-0.2, -0.15) is 0 Å². The Morgan fingerprint density at radius 2 is 2.05 bits per heavy atom. The second-order valence-electron chi connectivity index (χ2n) is 5.79. The van der Waals surface area contributed by atoms with Crippen LogP contribution in [0.1, 0.15) is 37.8 Å². The Labute approximate surface area is 128 Å². The number of ether oxygens (including phenoxy) is 2. The van der Waals surface area contributed by atoms with Crippen molar-refractivity contribution in [3.8, 4) is 11.5 Å². The molecule has 0 aliphatic heterocycles. The first-order chi connectivity index (χ1) is 10.2. The van der Waals surface area contributed by atoms with Crippen LogP contribution in [0.2, 0.25) is 0 Å². The van der Waals surface area contributed by atoms with E-state index in [1.807, 2.05) is 12.1 Å². The number of nitrogens with one attached hydrogen (secondary N) is 1. The molecule has 1 saturated carbocycles. The highest BCUT2D eigenvalue weighted by molar-refractivity contribution is 5.42. The van der Waals surface area contributed by atoms with Crippen LogP contribution >= 0.6 is 0 Å². The molecule has 1 atom stereocenters. The number of likely N-dealkylation sites (N-methyl/N-ethyl adjacent to an activating group) is 1. The van der Waals surface area contributed by atoms with E-state index in [1.54, 1.807) is 14.2 Å². The summed E-state index contributed by atoms with van der Waals surface area (Å²) in [5, 5.41) is 3.65. The lowest BCUT2D eigenvalue weighted by Crippen LogP contribution is -2.34. The maximum atomic E-state index is 5.55. The van der Waals surface area contributed by atoms with Crippen LogP contribution in [-0.4, -0.2) is 45.3 Å². The first kappa shape index (κ1) is 16.1. The Morgan fingerprint density at radius 1 is 1.29 bits per heavy atom. The third kappa shape index (κ3) is 4.35. The molecule has 2 rings (SSSR count). The van der Waals surface area contributed by atoms with Crippen LogP contribution in [0.25, 0.3) is 0 Å². The third-order valence-electron chi connectivity index (χ3n) is 4.09. The quantitative estimate of drug-likeness (QED) is 0.759. The van der Waals surface area contributed by atoms with E-state index in [1.165, 1.54) is 18.4 Å². The van der Waals surface area contributed by atoms with Crippen molar-refractivity contribution < 1.29 is 9.47 Å². The van der Waals surface area contributed by atoms with Crippen LogP contribution in [0.3, 0.4) is 0 Å². The molecule has 0 aromatic heterocycles. The summed E-state index contributed by atoms with van der Waals surface area (Å²) >= 11 is 0. The maximum Gasteiger partial charge on any atom is 0.123 e. The van der Waals surface area contributed by atoms with Gasteiger partial charge in [0.05, 0.1) is 14.2 Å². The monoisotopic (exact) mass is 292 g/mol. The van der Waals surface area contributed by atoms with Gasteiger partial charge in [0.25, 0.3) is 0 Å². The van der Waals surface area contributed by atoms with Gasteiger partial charge in [-0.25, -0.2) is 0 Å². The van der Waals surface area contributed by atoms with Crippen LogP contribution in [0.5, 0.6) is 11.5 Å². The molecule has 4 heteroatoms. The van der Waals surface area contributed by atoms with Gasteiger partial charge in [0.2, 0.25) is 0 Å². The summed E-state index contributed by atoms with van der Waals surface area (Å²) in [6, 6.07) is 7.05. The maximum absolute atomic E-state index is 5.55. The molecule has 1 fully saturated rings. The molecule has 1 unspecified atom stereocenters. The first-order valence-corrected chi connectivity index (χ1v) is 7.85. The van der Waals surface area contributed by atoms with Crippen molar-refractivity contribution in [2.75, 3.05) is 34.4 Å². The fourth-order valence-corrected chi connectivity index (χ4v) is 2.66. The average molecular weight is 292 g/mol. The first-order valence-electron chi connectivity index (χ1n) is 7.85. The molecule has 118 valence electrons. The molecule has 1 aliphatic rings. The van der Waals surface area contributed by atoms with E-state index in [9.17, 15) is 0 Å². The molecule has 0 bridgehead atoms. The summed E-state index contributed by atoms with van der Waals surface area (Å²) in [7, 11) is 5.65. The highest BCUT2D eigenvalue weighted by Gasteiger charge is 2.28. The number of nitrogens with zero attached hydrogens (tertiary/aromatic N) is 1. The van der Waals surface area contributed by atoms with Crippen molar-refractivity contribution in [1.82, 2.24) is 10.2 Å². The van der Waals surface area contributed by atoms with Gasteiger partial charge in [-0.05, 0) is 51.1 Å². The number of rotatable bonds is 9. The second-order valence-corrected chi connectivity index (χ2v) is 5.79. The third-order valence-corrected chi connectivity index (χ3v) is 4.09. The molecule has 0 spiro atoms. The summed E-state index contributed by atoms with van der Waals surface area (Å²) in [4.78, 5) is 2.45. The average Bonchev–Trinajstić information content (AvgIpc) is 3.35. The van der Waals surface area contributed by atoms with Crippen molar-refractivity contribution in [1.29, 1.82) is 0 Å². The number of hydrogen-bond donors (Lipinski definition) is 1. The smallest absolute Gasteiger partial charge is 0.123 e. The van der Waals surface area contributed by atoms with Gasteiger partial charge >= 0.3 is 0 Å². The highest BCUT2D eigenvalue weighted by atomic mass is 16.5. The number of methoxy groups -OCH3 is 2. The number of hydrogen-bond acceptors (Lipinski definition) is 4. The van der Waals surface area contributed by atoms with E-state index in [0.717, 1.165) is 37.1 Å². The standard InChI is InChI=1S/C17H28N2O2/c1-5-10-18-16(12-19(2)13-6-7-13)15-11-14(20-3)8-9-17(15)21-4/h8-9,11,13,16,18H,5-7,10,12H2,1-4H3. The molecule has 0 saturated heterocycles. The predicted molar refractivity (Wildman–Crippen MR) is 86.2 cm³/mol. The lowest BCUT2D eigenvalue weighted by molar-refractivity contribution is 0.277. The molecule has 1 aromatic carbocycles. The van der Waals surface area contributed by atoms with E-state index in [4.69, 9.17) is 9.47 Å². The van der Waals surface area contributed by atoms with Crippen molar-refractivity contribution >= 4 is 0 Å². The van der Waals surface area contributed by atoms with E-state index >= 15 is 0 Å². The van der Waals surface area contributed by atoms with Crippen LogP contribution in [0.4, 0.5) is 0 Å². The Balaban J connectivity index is 2.20. The lowest BCUT2D eigenvalue weighted by atomic mass is 10.0. The molecular formula is C17H28N2O2. The normalized spacial score (nSPS) is 16.0. The second kappa shape index (κ2) is 7.66. The van der Waals surface area contributed by atoms with Crippen LogP contribution in [-0.2, 0) is 0 Å². The fraction of sp³-hybridized carbons (Fsp3) is 0.647. The summed E-state index contributed by atoms with van der Waals surface area (Å²) in [6.07, 6.45) is 3.77. The Kier molecular flexibility index (Phi) is 5.88. The van der Waals surface area contributed by atoms with E-state index < -0.39 is 0 Å². The predicted octanol–water partition coefficient (Wildman–Crippen LogP) is 2.84. The topological polar surface area (TPSA) is 33.7 Å². The molecule has 1 aromatic rings. The summed E-state index contributed by atoms with van der Waals surface area (Å²) in [5.41, 5.74) is 1.18. The summed E-state index contributed by atoms with van der Waals surface area (Å²) in [5.74, 6) is 1.80. The van der Waals surface area contributed by atoms with Gasteiger partial charge < -0.3 is 19.7 Å². The minimum absolute atomic E-state index is 0.264. The summed E-state index contributed by atoms with van der Waals surface area (Å²) < 4.78 is 10.9. The van der Waals surface area contributed by atoms with E-state index in [2.05, 4.69) is 30.3 Å². The zero-order valence-electron chi connectivity index (χ0n) is 13.7. The molecule has 4 nitrogen and oxygen atoms in total. The zero-order valence-corrected chi connectivity index (χ0v) is 13.7. The Bertz CT molecular complexity index is 446. The molecule has 1 N–H and O–H groups in total. The van der Waals surface area contributed by atoms with Gasteiger partial charge in [-0.15, -0.1) is 0 Å². The van der Waals surface area contributed by atoms with Crippen molar-refractivity contribution in [2.24, 2.45) is 0 Å².